The van der Waals surface area contributed by atoms with Crippen LogP contribution < -0.4 is 5.32 Å². The molecule has 1 aromatic carbocycles. The fourth-order valence-electron chi connectivity index (χ4n) is 1.12. The van der Waals surface area contributed by atoms with Gasteiger partial charge in [-0.15, -0.1) is 0 Å². The zero-order valence-corrected chi connectivity index (χ0v) is 7.22. The molecular weight excluding hydrogens is 162 g/mol. The van der Waals surface area contributed by atoms with E-state index in [9.17, 15) is 0 Å². The maximum atomic E-state index is 4.09. The minimum atomic E-state index is 0.705. The van der Waals surface area contributed by atoms with Crippen LogP contribution >= 0.6 is 0 Å². The Labute approximate surface area is 77.0 Å². The van der Waals surface area contributed by atoms with Crippen LogP contribution in [0.2, 0.25) is 0 Å². The first-order valence-electron chi connectivity index (χ1n) is 4.21. The van der Waals surface area contributed by atoms with E-state index in [-0.39, 0.29) is 0 Å². The molecule has 0 saturated heterocycles. The summed E-state index contributed by atoms with van der Waals surface area (Å²) in [6.45, 7) is 0.705. The van der Waals surface area contributed by atoms with Gasteiger partial charge in [-0.25, -0.2) is 0 Å². The molecule has 0 aliphatic heterocycles. The second-order valence-corrected chi connectivity index (χ2v) is 2.75. The molecule has 3 heteroatoms. The predicted octanol–water partition coefficient (Wildman–Crippen LogP) is 1.95. The van der Waals surface area contributed by atoms with E-state index < -0.39 is 0 Å². The van der Waals surface area contributed by atoms with Gasteiger partial charge in [-0.1, -0.05) is 18.2 Å². The van der Waals surface area contributed by atoms with Gasteiger partial charge in [0.2, 0.25) is 0 Å². The van der Waals surface area contributed by atoms with Crippen LogP contribution in [0.3, 0.4) is 0 Å². The molecule has 1 N–H and O–H groups in total. The molecule has 0 fully saturated rings. The SMILES string of the molecule is c1ccc(NCn2cccn2)cc1. The first kappa shape index (κ1) is 7.86. The topological polar surface area (TPSA) is 29.9 Å². The third-order valence-electron chi connectivity index (χ3n) is 1.78. The van der Waals surface area contributed by atoms with E-state index >= 15 is 0 Å². The molecule has 3 nitrogen and oxygen atoms in total. The molecule has 13 heavy (non-hydrogen) atoms. The van der Waals surface area contributed by atoms with Crippen LogP contribution in [0, 0.1) is 0 Å². The van der Waals surface area contributed by atoms with Crippen molar-refractivity contribution < 1.29 is 0 Å². The van der Waals surface area contributed by atoms with Crippen molar-refractivity contribution >= 4 is 5.69 Å². The molecule has 0 bridgehead atoms. The number of aromatic nitrogens is 2. The van der Waals surface area contributed by atoms with Gasteiger partial charge in [0.05, 0.1) is 0 Å². The minimum absolute atomic E-state index is 0.705. The van der Waals surface area contributed by atoms with Crippen molar-refractivity contribution in [1.29, 1.82) is 0 Å². The van der Waals surface area contributed by atoms with Gasteiger partial charge in [0.1, 0.15) is 6.67 Å². The van der Waals surface area contributed by atoms with E-state index in [1.807, 2.05) is 47.3 Å². The summed E-state index contributed by atoms with van der Waals surface area (Å²) in [4.78, 5) is 0. The molecule has 1 heterocycles. The Morgan fingerprint density at radius 1 is 1.15 bits per heavy atom. The van der Waals surface area contributed by atoms with Gasteiger partial charge in [0, 0.05) is 18.1 Å². The van der Waals surface area contributed by atoms with Crippen LogP contribution in [-0.2, 0) is 6.67 Å². The average Bonchev–Trinajstić information content (AvgIpc) is 2.69. The van der Waals surface area contributed by atoms with Gasteiger partial charge in [-0.3, -0.25) is 4.68 Å². The number of para-hydroxylation sites is 1. The highest BCUT2D eigenvalue weighted by Gasteiger charge is 1.89. The second-order valence-electron chi connectivity index (χ2n) is 2.75. The Bertz CT molecular complexity index is 340. The Morgan fingerprint density at radius 2 is 2.00 bits per heavy atom. The molecule has 0 amide bonds. The predicted molar refractivity (Wildman–Crippen MR) is 52.3 cm³/mol. The number of nitrogens with one attached hydrogen (secondary N) is 1. The summed E-state index contributed by atoms with van der Waals surface area (Å²) in [5, 5.41) is 7.33. The summed E-state index contributed by atoms with van der Waals surface area (Å²) >= 11 is 0. The van der Waals surface area contributed by atoms with Crippen molar-refractivity contribution in [3.05, 3.63) is 48.8 Å². The summed E-state index contributed by atoms with van der Waals surface area (Å²) in [6, 6.07) is 12.0. The van der Waals surface area contributed by atoms with Crippen LogP contribution in [0.5, 0.6) is 0 Å². The molecule has 66 valence electrons. The van der Waals surface area contributed by atoms with E-state index in [1.165, 1.54) is 0 Å². The number of rotatable bonds is 3. The lowest BCUT2D eigenvalue weighted by molar-refractivity contribution is 0.670. The smallest absolute Gasteiger partial charge is 0.109 e. The fraction of sp³-hybridized carbons (Fsp3) is 0.100. The number of hydrogen-bond acceptors (Lipinski definition) is 2. The lowest BCUT2D eigenvalue weighted by Gasteiger charge is -2.05. The Hall–Kier alpha value is -1.77. The largest absolute Gasteiger partial charge is 0.366 e. The van der Waals surface area contributed by atoms with Gasteiger partial charge in [0.15, 0.2) is 0 Å². The van der Waals surface area contributed by atoms with E-state index in [0.717, 1.165) is 5.69 Å². The summed E-state index contributed by atoms with van der Waals surface area (Å²) in [6.07, 6.45) is 3.70. The average molecular weight is 173 g/mol. The number of anilines is 1. The van der Waals surface area contributed by atoms with Crippen LogP contribution in [-0.4, -0.2) is 9.78 Å². The summed E-state index contributed by atoms with van der Waals surface area (Å²) in [5.74, 6) is 0. The van der Waals surface area contributed by atoms with E-state index in [1.54, 1.807) is 6.20 Å². The highest BCUT2D eigenvalue weighted by atomic mass is 15.3. The summed E-state index contributed by atoms with van der Waals surface area (Å²) < 4.78 is 1.84. The van der Waals surface area contributed by atoms with Gasteiger partial charge in [0.25, 0.3) is 0 Å². The zero-order chi connectivity index (χ0) is 8.93. The molecule has 0 saturated carbocycles. The van der Waals surface area contributed by atoms with Crippen molar-refractivity contribution in [2.75, 3.05) is 5.32 Å². The molecule has 0 aliphatic rings. The summed E-state index contributed by atoms with van der Waals surface area (Å²) in [5.41, 5.74) is 1.11. The molecule has 0 radical (unpaired) electrons. The van der Waals surface area contributed by atoms with Crippen molar-refractivity contribution in [2.45, 2.75) is 6.67 Å². The lowest BCUT2D eigenvalue weighted by Crippen LogP contribution is -2.07. The first-order chi connectivity index (χ1) is 6.45. The van der Waals surface area contributed by atoms with E-state index in [2.05, 4.69) is 10.4 Å². The lowest BCUT2D eigenvalue weighted by atomic mass is 10.3. The van der Waals surface area contributed by atoms with Crippen LogP contribution in [0.15, 0.2) is 48.8 Å². The standard InChI is InChI=1S/C10H11N3/c1-2-5-10(6-3-1)11-9-13-8-4-7-12-13/h1-8,11H,9H2. The number of nitrogens with zero attached hydrogens (tertiary/aromatic N) is 2. The molecule has 0 unspecified atom stereocenters. The van der Waals surface area contributed by atoms with Gasteiger partial charge < -0.3 is 5.32 Å². The fourth-order valence-corrected chi connectivity index (χ4v) is 1.12. The van der Waals surface area contributed by atoms with Crippen LogP contribution in [0.25, 0.3) is 0 Å². The molecule has 0 aliphatic carbocycles. The number of benzene rings is 1. The van der Waals surface area contributed by atoms with Crippen molar-refractivity contribution in [3.63, 3.8) is 0 Å². The molecule has 2 aromatic rings. The highest BCUT2D eigenvalue weighted by Crippen LogP contribution is 2.04. The molecule has 0 atom stereocenters. The van der Waals surface area contributed by atoms with E-state index in [0.29, 0.717) is 6.67 Å². The van der Waals surface area contributed by atoms with Gasteiger partial charge >= 0.3 is 0 Å². The molecular formula is C10H11N3. The third-order valence-corrected chi connectivity index (χ3v) is 1.78. The normalized spacial score (nSPS) is 9.85. The highest BCUT2D eigenvalue weighted by molar-refractivity contribution is 5.41. The molecule has 2 rings (SSSR count). The summed E-state index contributed by atoms with van der Waals surface area (Å²) in [7, 11) is 0. The third kappa shape index (κ3) is 2.08. The maximum Gasteiger partial charge on any atom is 0.109 e. The van der Waals surface area contributed by atoms with Crippen molar-refractivity contribution in [2.24, 2.45) is 0 Å². The zero-order valence-electron chi connectivity index (χ0n) is 7.22. The molecule has 0 spiro atoms. The number of hydrogen-bond donors (Lipinski definition) is 1. The maximum absolute atomic E-state index is 4.09. The second kappa shape index (κ2) is 3.76. The minimum Gasteiger partial charge on any atom is -0.366 e. The Balaban J connectivity index is 1.94. The van der Waals surface area contributed by atoms with E-state index in [4.69, 9.17) is 0 Å². The van der Waals surface area contributed by atoms with Crippen LogP contribution in [0.4, 0.5) is 5.69 Å². The monoisotopic (exact) mass is 173 g/mol. The Morgan fingerprint density at radius 3 is 2.69 bits per heavy atom. The Kier molecular flexibility index (Phi) is 2.27. The van der Waals surface area contributed by atoms with Crippen LogP contribution in [0.1, 0.15) is 0 Å². The quantitative estimate of drug-likeness (QED) is 0.768. The van der Waals surface area contributed by atoms with Gasteiger partial charge in [-0.2, -0.15) is 5.10 Å². The first-order valence-corrected chi connectivity index (χ1v) is 4.21. The van der Waals surface area contributed by atoms with Gasteiger partial charge in [-0.05, 0) is 18.2 Å². The van der Waals surface area contributed by atoms with Crippen molar-refractivity contribution in [3.8, 4) is 0 Å². The van der Waals surface area contributed by atoms with Crippen molar-refractivity contribution in [1.82, 2.24) is 9.78 Å². The molecule has 1 aromatic heterocycles.